The van der Waals surface area contributed by atoms with E-state index in [-0.39, 0.29) is 11.6 Å². The van der Waals surface area contributed by atoms with Gasteiger partial charge in [-0.25, -0.2) is 4.98 Å². The van der Waals surface area contributed by atoms with Gasteiger partial charge in [-0.2, -0.15) is 0 Å². The zero-order valence-electron chi connectivity index (χ0n) is 13.3. The van der Waals surface area contributed by atoms with Crippen LogP contribution >= 0.6 is 0 Å². The number of nitrogens with one attached hydrogen (secondary N) is 1. The van der Waals surface area contributed by atoms with Crippen molar-refractivity contribution in [1.29, 1.82) is 0 Å². The van der Waals surface area contributed by atoms with Crippen molar-refractivity contribution in [1.82, 2.24) is 4.98 Å². The minimum atomic E-state index is -1.05. The van der Waals surface area contributed by atoms with Crippen LogP contribution in [0, 0.1) is 6.92 Å². The molecule has 3 aromatic rings. The first-order valence-electron chi connectivity index (χ1n) is 7.30. The topological polar surface area (TPSA) is 72.2 Å². The quantitative estimate of drug-likeness (QED) is 0.787. The van der Waals surface area contributed by atoms with Crippen LogP contribution in [0.5, 0.6) is 0 Å². The number of benzene rings is 2. The molecule has 1 atom stereocenters. The minimum Gasteiger partial charge on any atom is -0.443 e. The van der Waals surface area contributed by atoms with Crippen LogP contribution < -0.4 is 5.32 Å². The van der Waals surface area contributed by atoms with Crippen LogP contribution in [-0.4, -0.2) is 21.4 Å². The maximum atomic E-state index is 12.5. The van der Waals surface area contributed by atoms with Crippen molar-refractivity contribution >= 4 is 22.4 Å². The fraction of sp³-hybridized carbons (Fsp3) is 0.111. The first-order chi connectivity index (χ1) is 11.5. The van der Waals surface area contributed by atoms with Gasteiger partial charge in [-0.15, -0.1) is 0 Å². The van der Waals surface area contributed by atoms with Gasteiger partial charge in [-0.1, -0.05) is 29.8 Å². The molecule has 0 unspecified atom stereocenters. The fourth-order valence-electron chi connectivity index (χ4n) is 2.24. The van der Waals surface area contributed by atoms with Crippen LogP contribution in [0.25, 0.3) is 11.3 Å². The number of anilines is 1. The summed E-state index contributed by atoms with van der Waals surface area (Å²) in [6, 6.07) is 14.5. The zero-order valence-corrected chi connectivity index (χ0v) is 14.1. The number of hydrogen-bond donors (Lipinski definition) is 1. The molecular formula is C18H16N2O3S. The van der Waals surface area contributed by atoms with Gasteiger partial charge in [0, 0.05) is 33.2 Å². The predicted molar refractivity (Wildman–Crippen MR) is 93.4 cm³/mol. The highest BCUT2D eigenvalue weighted by Gasteiger charge is 2.18. The predicted octanol–water partition coefficient (Wildman–Crippen LogP) is 3.64. The fourth-order valence-corrected chi connectivity index (χ4v) is 2.76. The van der Waals surface area contributed by atoms with E-state index in [0.29, 0.717) is 16.3 Å². The summed E-state index contributed by atoms with van der Waals surface area (Å²) in [5.41, 5.74) is 2.74. The molecule has 0 aliphatic heterocycles. The highest BCUT2D eigenvalue weighted by Crippen LogP contribution is 2.24. The van der Waals surface area contributed by atoms with Gasteiger partial charge < -0.3 is 9.73 Å². The Labute approximate surface area is 142 Å². The van der Waals surface area contributed by atoms with Crippen molar-refractivity contribution in [2.75, 3.05) is 11.6 Å². The van der Waals surface area contributed by atoms with Gasteiger partial charge in [0.15, 0.2) is 17.8 Å². The van der Waals surface area contributed by atoms with E-state index in [2.05, 4.69) is 10.3 Å². The average molecular weight is 340 g/mol. The number of rotatable bonds is 4. The molecule has 0 aliphatic carbocycles. The number of amides is 1. The summed E-state index contributed by atoms with van der Waals surface area (Å²) < 4.78 is 16.8. The monoisotopic (exact) mass is 340 g/mol. The highest BCUT2D eigenvalue weighted by molar-refractivity contribution is 7.84. The Kier molecular flexibility index (Phi) is 4.57. The van der Waals surface area contributed by atoms with E-state index in [9.17, 15) is 9.00 Å². The molecule has 5 nitrogen and oxygen atoms in total. The molecule has 0 saturated carbocycles. The summed E-state index contributed by atoms with van der Waals surface area (Å²) in [6.07, 6.45) is 2.87. The van der Waals surface area contributed by atoms with E-state index in [4.69, 9.17) is 4.42 Å². The Hall–Kier alpha value is -2.73. The molecule has 6 heteroatoms. The lowest BCUT2D eigenvalue weighted by molar-refractivity contribution is 0.102. The Balaban J connectivity index is 1.82. The SMILES string of the molecule is Cc1ccc(-c2ocnc2C(=O)Nc2ccc([S@@](C)=O)cc2)cc1. The number of carbonyl (C=O) groups excluding carboxylic acids is 1. The third kappa shape index (κ3) is 3.44. The van der Waals surface area contributed by atoms with Crippen LogP contribution in [-0.2, 0) is 10.8 Å². The van der Waals surface area contributed by atoms with E-state index < -0.39 is 10.8 Å². The van der Waals surface area contributed by atoms with Crippen molar-refractivity contribution in [3.05, 3.63) is 66.2 Å². The van der Waals surface area contributed by atoms with Gasteiger partial charge in [-0.05, 0) is 31.2 Å². The Bertz CT molecular complexity index is 883. The summed E-state index contributed by atoms with van der Waals surface area (Å²) in [6.45, 7) is 1.99. The second-order valence-corrected chi connectivity index (χ2v) is 6.71. The van der Waals surface area contributed by atoms with Gasteiger partial charge in [0.1, 0.15) is 0 Å². The lowest BCUT2D eigenvalue weighted by atomic mass is 10.1. The Morgan fingerprint density at radius 1 is 1.08 bits per heavy atom. The van der Waals surface area contributed by atoms with E-state index in [1.165, 1.54) is 6.39 Å². The number of aromatic nitrogens is 1. The molecule has 1 heterocycles. The van der Waals surface area contributed by atoms with Crippen molar-refractivity contribution < 1.29 is 13.4 Å². The lowest BCUT2D eigenvalue weighted by Gasteiger charge is -2.05. The van der Waals surface area contributed by atoms with Crippen LogP contribution in [0.15, 0.2) is 64.2 Å². The molecule has 2 aromatic carbocycles. The molecule has 0 bridgehead atoms. The molecule has 1 N–H and O–H groups in total. The molecule has 3 rings (SSSR count). The van der Waals surface area contributed by atoms with E-state index in [0.717, 1.165) is 11.1 Å². The van der Waals surface area contributed by atoms with Crippen molar-refractivity contribution in [3.63, 3.8) is 0 Å². The molecule has 0 saturated heterocycles. The number of nitrogens with zero attached hydrogens (tertiary/aromatic N) is 1. The Morgan fingerprint density at radius 2 is 1.75 bits per heavy atom. The summed E-state index contributed by atoms with van der Waals surface area (Å²) in [5.74, 6) is 0.0727. The molecule has 1 aromatic heterocycles. The molecule has 122 valence electrons. The third-order valence-corrected chi connectivity index (χ3v) is 4.48. The summed E-state index contributed by atoms with van der Waals surface area (Å²) in [5, 5.41) is 2.77. The zero-order chi connectivity index (χ0) is 17.1. The minimum absolute atomic E-state index is 0.224. The van der Waals surface area contributed by atoms with Crippen molar-refractivity contribution in [2.24, 2.45) is 0 Å². The van der Waals surface area contributed by atoms with E-state index in [1.807, 2.05) is 31.2 Å². The molecule has 24 heavy (non-hydrogen) atoms. The van der Waals surface area contributed by atoms with E-state index >= 15 is 0 Å². The summed E-state index contributed by atoms with van der Waals surface area (Å²) >= 11 is 0. The van der Waals surface area contributed by atoms with Gasteiger partial charge in [0.25, 0.3) is 5.91 Å². The van der Waals surface area contributed by atoms with Crippen LogP contribution in [0.2, 0.25) is 0 Å². The van der Waals surface area contributed by atoms with Crippen LogP contribution in [0.1, 0.15) is 16.1 Å². The second-order valence-electron chi connectivity index (χ2n) is 5.33. The van der Waals surface area contributed by atoms with Crippen molar-refractivity contribution in [3.8, 4) is 11.3 Å². The van der Waals surface area contributed by atoms with Crippen molar-refractivity contribution in [2.45, 2.75) is 11.8 Å². The number of hydrogen-bond acceptors (Lipinski definition) is 4. The van der Waals surface area contributed by atoms with Gasteiger partial charge in [-0.3, -0.25) is 9.00 Å². The molecule has 0 aliphatic rings. The highest BCUT2D eigenvalue weighted by atomic mass is 32.2. The van der Waals surface area contributed by atoms with Gasteiger partial charge >= 0.3 is 0 Å². The van der Waals surface area contributed by atoms with Gasteiger partial charge in [0.2, 0.25) is 0 Å². The first-order valence-corrected chi connectivity index (χ1v) is 8.86. The molecular weight excluding hydrogens is 324 g/mol. The van der Waals surface area contributed by atoms with Gasteiger partial charge in [0.05, 0.1) is 0 Å². The maximum Gasteiger partial charge on any atom is 0.278 e. The van der Waals surface area contributed by atoms with E-state index in [1.54, 1.807) is 30.5 Å². The maximum absolute atomic E-state index is 12.5. The number of aryl methyl sites for hydroxylation is 1. The van der Waals surface area contributed by atoms with Crippen LogP contribution in [0.4, 0.5) is 5.69 Å². The summed E-state index contributed by atoms with van der Waals surface area (Å²) in [7, 11) is -1.05. The second kappa shape index (κ2) is 6.80. The summed E-state index contributed by atoms with van der Waals surface area (Å²) in [4.78, 5) is 17.2. The number of carbonyl (C=O) groups is 1. The average Bonchev–Trinajstić information content (AvgIpc) is 3.06. The number of oxazole rings is 1. The third-order valence-electron chi connectivity index (χ3n) is 3.54. The lowest BCUT2D eigenvalue weighted by Crippen LogP contribution is -2.13. The molecule has 0 spiro atoms. The normalized spacial score (nSPS) is 11.9. The van der Waals surface area contributed by atoms with Crippen LogP contribution in [0.3, 0.4) is 0 Å². The smallest absolute Gasteiger partial charge is 0.278 e. The molecule has 1 amide bonds. The largest absolute Gasteiger partial charge is 0.443 e. The Morgan fingerprint density at radius 3 is 2.38 bits per heavy atom. The standard InChI is InChI=1S/C18H16N2O3S/c1-12-3-5-13(6-4-12)17-16(19-11-23-17)18(21)20-14-7-9-15(10-8-14)24(2)22/h3-11H,1-2H3,(H,20,21)/t24-/m1/s1. The molecule has 0 fully saturated rings. The molecule has 0 radical (unpaired) electrons. The first kappa shape index (κ1) is 16.1.